The molecule has 5 aromatic rings. The molecule has 0 radical (unpaired) electrons. The highest BCUT2D eigenvalue weighted by atomic mass is 16.6. The van der Waals surface area contributed by atoms with Gasteiger partial charge in [-0.25, -0.2) is 0 Å². The van der Waals surface area contributed by atoms with Gasteiger partial charge in [0.25, 0.3) is 0 Å². The van der Waals surface area contributed by atoms with Crippen LogP contribution in [0.15, 0.2) is 109 Å². The van der Waals surface area contributed by atoms with Crippen molar-refractivity contribution < 1.29 is 9.47 Å². The Morgan fingerprint density at radius 3 is 2.00 bits per heavy atom. The molecule has 8 rings (SSSR count). The first-order valence-electron chi connectivity index (χ1n) is 13.2. The van der Waals surface area contributed by atoms with E-state index in [1.165, 1.54) is 39.3 Å². The molecule has 0 amide bonds. The van der Waals surface area contributed by atoms with Crippen LogP contribution in [0.5, 0.6) is 11.5 Å². The minimum absolute atomic E-state index is 0.0718. The van der Waals surface area contributed by atoms with Crippen LogP contribution in [0.3, 0.4) is 0 Å². The molecule has 4 heteroatoms. The molecule has 3 aliphatic rings. The minimum atomic E-state index is 0.0718. The summed E-state index contributed by atoms with van der Waals surface area (Å²) in [7, 11) is 0. The average Bonchev–Trinajstić information content (AvgIpc) is 2.97. The summed E-state index contributed by atoms with van der Waals surface area (Å²) in [6.45, 7) is 3.30. The van der Waals surface area contributed by atoms with Gasteiger partial charge in [-0.2, -0.15) is 0 Å². The predicted octanol–water partition coefficient (Wildman–Crippen LogP) is 8.51. The third-order valence-corrected chi connectivity index (χ3v) is 7.82. The van der Waals surface area contributed by atoms with Crippen molar-refractivity contribution >= 4 is 34.1 Å². The van der Waals surface area contributed by atoms with E-state index in [4.69, 9.17) is 9.47 Å². The number of anilines is 6. The van der Waals surface area contributed by atoms with Crippen molar-refractivity contribution in [2.75, 3.05) is 23.0 Å². The molecule has 0 spiro atoms. The molecule has 184 valence electrons. The maximum Gasteiger partial charge on any atom is 0.185 e. The van der Waals surface area contributed by atoms with Gasteiger partial charge in [-0.1, -0.05) is 60.7 Å². The number of hydrogen-bond donors (Lipinski definition) is 0. The van der Waals surface area contributed by atoms with Crippen LogP contribution in [0.4, 0.5) is 34.1 Å². The highest BCUT2D eigenvalue weighted by Gasteiger charge is 2.43. The van der Waals surface area contributed by atoms with Crippen LogP contribution in [0.2, 0.25) is 0 Å². The van der Waals surface area contributed by atoms with Crippen LogP contribution in [0, 0.1) is 6.92 Å². The Hall–Kier alpha value is -4.70. The molecule has 0 saturated heterocycles. The van der Waals surface area contributed by atoms with Gasteiger partial charge in [-0.05, 0) is 72.1 Å². The fourth-order valence-corrected chi connectivity index (χ4v) is 6.37. The van der Waals surface area contributed by atoms with Crippen LogP contribution < -0.4 is 19.3 Å². The Morgan fingerprint density at radius 2 is 1.24 bits per heavy atom. The van der Waals surface area contributed by atoms with Crippen molar-refractivity contribution in [1.82, 2.24) is 0 Å². The number of ether oxygens (including phenoxy) is 2. The van der Waals surface area contributed by atoms with Gasteiger partial charge in [0.05, 0.1) is 22.7 Å². The number of benzene rings is 5. The van der Waals surface area contributed by atoms with Crippen molar-refractivity contribution in [3.8, 4) is 11.5 Å². The van der Waals surface area contributed by atoms with Gasteiger partial charge in [0.1, 0.15) is 13.2 Å². The monoisotopic (exact) mass is 494 g/mol. The lowest BCUT2D eigenvalue weighted by atomic mass is 9.75. The van der Waals surface area contributed by atoms with E-state index in [-0.39, 0.29) is 5.92 Å². The van der Waals surface area contributed by atoms with Gasteiger partial charge in [-0.3, -0.25) is 0 Å². The third-order valence-electron chi connectivity index (χ3n) is 7.82. The van der Waals surface area contributed by atoms with E-state index >= 15 is 0 Å². The summed E-state index contributed by atoms with van der Waals surface area (Å²) in [6.07, 6.45) is 0. The van der Waals surface area contributed by atoms with Crippen molar-refractivity contribution in [3.05, 3.63) is 131 Å². The Morgan fingerprint density at radius 1 is 0.605 bits per heavy atom. The van der Waals surface area contributed by atoms with Crippen molar-refractivity contribution in [1.29, 1.82) is 0 Å². The van der Waals surface area contributed by atoms with Gasteiger partial charge >= 0.3 is 0 Å². The summed E-state index contributed by atoms with van der Waals surface area (Å²) in [6, 6.07) is 39.1. The lowest BCUT2D eigenvalue weighted by molar-refractivity contribution is 0.172. The second-order valence-corrected chi connectivity index (χ2v) is 10.1. The molecule has 0 fully saturated rings. The van der Waals surface area contributed by atoms with Crippen molar-refractivity contribution in [2.24, 2.45) is 0 Å². The number of para-hydroxylation sites is 3. The molecule has 0 N–H and O–H groups in total. The van der Waals surface area contributed by atoms with Crippen molar-refractivity contribution in [3.63, 3.8) is 0 Å². The van der Waals surface area contributed by atoms with Crippen LogP contribution >= 0.6 is 0 Å². The molecule has 0 saturated carbocycles. The molecule has 3 aliphatic heterocycles. The summed E-state index contributed by atoms with van der Waals surface area (Å²) in [5.41, 5.74) is 12.0. The van der Waals surface area contributed by atoms with Gasteiger partial charge in [0.2, 0.25) is 0 Å². The van der Waals surface area contributed by atoms with Crippen LogP contribution in [-0.2, 0) is 0 Å². The van der Waals surface area contributed by atoms with Crippen molar-refractivity contribution in [2.45, 2.75) is 12.8 Å². The zero-order valence-corrected chi connectivity index (χ0v) is 21.1. The molecular formula is C34H26N2O2. The van der Waals surface area contributed by atoms with E-state index in [9.17, 15) is 0 Å². The Balaban J connectivity index is 1.50. The molecule has 1 atom stereocenters. The van der Waals surface area contributed by atoms with Gasteiger partial charge in [0.15, 0.2) is 11.5 Å². The quantitative estimate of drug-likeness (QED) is 0.240. The summed E-state index contributed by atoms with van der Waals surface area (Å²) in [5.74, 6) is 1.71. The molecule has 5 aromatic carbocycles. The second kappa shape index (κ2) is 8.15. The standard InChI is InChI=1S/C34H26N2O2/c1-22-20-28-32-29(21-22)36(24-12-6-3-7-13-24)33-26(16-17-30-34(33)38-19-18-37-30)31(32)25-14-8-9-15-27(25)35(28)23-10-4-2-5-11-23/h2-17,20-21,31H,18-19H2,1H3. The molecule has 0 aromatic heterocycles. The fraction of sp³-hybridized carbons (Fsp3) is 0.118. The first-order chi connectivity index (χ1) is 18.8. The summed E-state index contributed by atoms with van der Waals surface area (Å²) in [4.78, 5) is 4.80. The Labute approximate surface area is 222 Å². The van der Waals surface area contributed by atoms with E-state index in [0.29, 0.717) is 13.2 Å². The zero-order valence-electron chi connectivity index (χ0n) is 21.1. The van der Waals surface area contributed by atoms with Crippen LogP contribution in [0.25, 0.3) is 0 Å². The maximum atomic E-state index is 6.36. The molecule has 38 heavy (non-hydrogen) atoms. The SMILES string of the molecule is Cc1cc2c3c(c1)N(c1ccccc1)c1c(ccc4c1OCCO4)C3c1ccccc1N2c1ccccc1. The molecule has 0 bridgehead atoms. The topological polar surface area (TPSA) is 24.9 Å². The third kappa shape index (κ3) is 2.97. The molecular weight excluding hydrogens is 468 g/mol. The van der Waals surface area contributed by atoms with Crippen LogP contribution in [0.1, 0.15) is 28.2 Å². The van der Waals surface area contributed by atoms with Gasteiger partial charge < -0.3 is 19.3 Å². The van der Waals surface area contributed by atoms with E-state index in [1.807, 2.05) is 0 Å². The fourth-order valence-electron chi connectivity index (χ4n) is 6.37. The lowest BCUT2D eigenvalue weighted by Crippen LogP contribution is -2.30. The maximum absolute atomic E-state index is 6.36. The molecule has 1 unspecified atom stereocenters. The van der Waals surface area contributed by atoms with E-state index in [1.54, 1.807) is 0 Å². The highest BCUT2D eigenvalue weighted by Crippen LogP contribution is 2.63. The van der Waals surface area contributed by atoms with E-state index in [2.05, 4.69) is 126 Å². The minimum Gasteiger partial charge on any atom is -0.486 e. The molecule has 0 aliphatic carbocycles. The summed E-state index contributed by atoms with van der Waals surface area (Å²) < 4.78 is 12.4. The number of nitrogens with zero attached hydrogens (tertiary/aromatic N) is 2. The molecule has 4 nitrogen and oxygen atoms in total. The smallest absolute Gasteiger partial charge is 0.185 e. The molecule has 3 heterocycles. The number of rotatable bonds is 2. The highest BCUT2D eigenvalue weighted by molar-refractivity contribution is 5.98. The lowest BCUT2D eigenvalue weighted by Gasteiger charge is -2.46. The summed E-state index contributed by atoms with van der Waals surface area (Å²) >= 11 is 0. The number of fused-ring (bicyclic) bond motifs is 6. The first kappa shape index (κ1) is 21.4. The van der Waals surface area contributed by atoms with E-state index in [0.717, 1.165) is 28.6 Å². The predicted molar refractivity (Wildman–Crippen MR) is 152 cm³/mol. The Kier molecular flexibility index (Phi) is 4.59. The Bertz CT molecular complexity index is 1700. The zero-order chi connectivity index (χ0) is 25.2. The normalized spacial score (nSPS) is 16.4. The van der Waals surface area contributed by atoms with Crippen LogP contribution in [-0.4, -0.2) is 13.2 Å². The van der Waals surface area contributed by atoms with Gasteiger partial charge in [-0.15, -0.1) is 0 Å². The summed E-state index contributed by atoms with van der Waals surface area (Å²) in [5, 5.41) is 0. The van der Waals surface area contributed by atoms with Gasteiger partial charge in [0, 0.05) is 22.9 Å². The number of hydrogen-bond acceptors (Lipinski definition) is 4. The first-order valence-corrected chi connectivity index (χ1v) is 13.2. The largest absolute Gasteiger partial charge is 0.486 e. The average molecular weight is 495 g/mol. The second-order valence-electron chi connectivity index (χ2n) is 10.1. The number of aryl methyl sites for hydroxylation is 1. The van der Waals surface area contributed by atoms with E-state index < -0.39 is 0 Å².